The van der Waals surface area contributed by atoms with Crippen LogP contribution in [0.4, 0.5) is 5.82 Å². The number of fused-ring (bicyclic) bond motifs is 1. The first-order chi connectivity index (χ1) is 10.5. The van der Waals surface area contributed by atoms with Crippen LogP contribution in [0.15, 0.2) is 36.5 Å². The van der Waals surface area contributed by atoms with Crippen LogP contribution in [0, 0.1) is 0 Å². The van der Waals surface area contributed by atoms with Gasteiger partial charge in [-0.15, -0.1) is 0 Å². The molecule has 0 atom stereocenters. The van der Waals surface area contributed by atoms with Crippen LogP contribution in [0.25, 0.3) is 22.4 Å². The molecule has 0 aliphatic carbocycles. The molecule has 0 amide bonds. The molecule has 0 bridgehead atoms. The van der Waals surface area contributed by atoms with Crippen molar-refractivity contribution in [1.82, 2.24) is 20.2 Å². The number of nitrogens with zero attached hydrogens (tertiary/aromatic N) is 3. The third kappa shape index (κ3) is 3.23. The van der Waals surface area contributed by atoms with Crippen LogP contribution in [0.1, 0.15) is 20.3 Å². The first-order valence-corrected chi connectivity index (χ1v) is 7.32. The van der Waals surface area contributed by atoms with Crippen LogP contribution in [0.5, 0.6) is 0 Å². The van der Waals surface area contributed by atoms with E-state index < -0.39 is 0 Å². The van der Waals surface area contributed by atoms with Crippen molar-refractivity contribution in [2.24, 2.45) is 5.73 Å². The van der Waals surface area contributed by atoms with Crippen LogP contribution >= 0.6 is 0 Å². The van der Waals surface area contributed by atoms with Crippen LogP contribution < -0.4 is 11.1 Å². The molecule has 22 heavy (non-hydrogen) atoms. The maximum Gasteiger partial charge on any atom is 0.181 e. The van der Waals surface area contributed by atoms with Crippen molar-refractivity contribution in [2.45, 2.75) is 25.8 Å². The lowest BCUT2D eigenvalue weighted by Crippen LogP contribution is -2.34. The molecule has 3 heterocycles. The van der Waals surface area contributed by atoms with E-state index in [9.17, 15) is 0 Å². The molecule has 3 aromatic rings. The number of aromatic nitrogens is 4. The molecular weight excluding hydrogens is 276 g/mol. The average molecular weight is 296 g/mol. The van der Waals surface area contributed by atoms with Crippen molar-refractivity contribution >= 4 is 16.9 Å². The zero-order chi connectivity index (χ0) is 15.6. The van der Waals surface area contributed by atoms with Gasteiger partial charge in [-0.3, -0.25) is 5.10 Å². The van der Waals surface area contributed by atoms with Gasteiger partial charge in [0.05, 0.1) is 11.4 Å². The fraction of sp³-hybridized carbons (Fsp3) is 0.312. The lowest BCUT2D eigenvalue weighted by atomic mass is 10.0. The van der Waals surface area contributed by atoms with Crippen molar-refractivity contribution < 1.29 is 0 Å². The number of aromatic amines is 1. The summed E-state index contributed by atoms with van der Waals surface area (Å²) in [6, 6.07) is 9.76. The monoisotopic (exact) mass is 296 g/mol. The standard InChI is InChI=1S/C16H20N6/c1-16(2,17)8-10-18-13-7-3-6-12(20-13)14-11-5-4-9-19-15(11)22-21-14/h3-7,9H,8,10,17H2,1-2H3,(H,18,20)(H,19,21,22). The predicted octanol–water partition coefficient (Wildman–Crippen LogP) is 2.56. The van der Waals surface area contributed by atoms with Gasteiger partial charge in [-0.25, -0.2) is 9.97 Å². The van der Waals surface area contributed by atoms with E-state index in [4.69, 9.17) is 5.73 Å². The summed E-state index contributed by atoms with van der Waals surface area (Å²) >= 11 is 0. The zero-order valence-electron chi connectivity index (χ0n) is 12.8. The Morgan fingerprint density at radius 1 is 1.23 bits per heavy atom. The molecule has 0 saturated heterocycles. The number of nitrogens with one attached hydrogen (secondary N) is 2. The largest absolute Gasteiger partial charge is 0.370 e. The third-order valence-electron chi connectivity index (χ3n) is 3.41. The highest BCUT2D eigenvalue weighted by Gasteiger charge is 2.11. The summed E-state index contributed by atoms with van der Waals surface area (Å²) in [6.45, 7) is 4.82. The van der Waals surface area contributed by atoms with E-state index in [2.05, 4.69) is 25.5 Å². The summed E-state index contributed by atoms with van der Waals surface area (Å²) in [4.78, 5) is 8.86. The Bertz CT molecular complexity index is 771. The molecule has 4 N–H and O–H groups in total. The number of hydrogen-bond donors (Lipinski definition) is 3. The van der Waals surface area contributed by atoms with E-state index in [0.717, 1.165) is 35.6 Å². The van der Waals surface area contributed by atoms with Gasteiger partial charge in [0.1, 0.15) is 5.82 Å². The quantitative estimate of drug-likeness (QED) is 0.673. The lowest BCUT2D eigenvalue weighted by molar-refractivity contribution is 0.490. The predicted molar refractivity (Wildman–Crippen MR) is 88.5 cm³/mol. The molecule has 3 rings (SSSR count). The fourth-order valence-corrected chi connectivity index (χ4v) is 2.23. The van der Waals surface area contributed by atoms with Crippen molar-refractivity contribution in [2.75, 3.05) is 11.9 Å². The highest BCUT2D eigenvalue weighted by Crippen LogP contribution is 2.24. The second kappa shape index (κ2) is 5.73. The molecule has 0 aliphatic heterocycles. The number of rotatable bonds is 5. The van der Waals surface area contributed by atoms with Crippen molar-refractivity contribution in [1.29, 1.82) is 0 Å². The Morgan fingerprint density at radius 3 is 2.91 bits per heavy atom. The summed E-state index contributed by atoms with van der Waals surface area (Å²) in [6.07, 6.45) is 2.60. The first kappa shape index (κ1) is 14.5. The summed E-state index contributed by atoms with van der Waals surface area (Å²) in [5.41, 5.74) is 8.22. The number of nitrogens with two attached hydrogens (primary N) is 1. The van der Waals surface area contributed by atoms with Crippen LogP contribution in [0.2, 0.25) is 0 Å². The number of anilines is 1. The smallest absolute Gasteiger partial charge is 0.181 e. The molecule has 0 saturated carbocycles. The molecule has 3 aromatic heterocycles. The van der Waals surface area contributed by atoms with E-state index in [1.807, 2.05) is 44.2 Å². The van der Waals surface area contributed by atoms with E-state index >= 15 is 0 Å². The summed E-state index contributed by atoms with van der Waals surface area (Å²) in [5, 5.41) is 11.5. The summed E-state index contributed by atoms with van der Waals surface area (Å²) in [5.74, 6) is 0.827. The number of H-pyrrole nitrogens is 1. The highest BCUT2D eigenvalue weighted by molar-refractivity contribution is 5.89. The van der Waals surface area contributed by atoms with Crippen molar-refractivity contribution in [3.63, 3.8) is 0 Å². The first-order valence-electron chi connectivity index (χ1n) is 7.32. The molecule has 0 aliphatic rings. The minimum atomic E-state index is -0.185. The lowest BCUT2D eigenvalue weighted by Gasteiger charge is -2.18. The van der Waals surface area contributed by atoms with Crippen LogP contribution in [-0.4, -0.2) is 32.2 Å². The Hall–Kier alpha value is -2.47. The molecule has 0 unspecified atom stereocenters. The molecule has 0 radical (unpaired) electrons. The van der Waals surface area contributed by atoms with Gasteiger partial charge in [0.2, 0.25) is 0 Å². The van der Waals surface area contributed by atoms with Gasteiger partial charge in [-0.1, -0.05) is 6.07 Å². The third-order valence-corrected chi connectivity index (χ3v) is 3.41. The molecular formula is C16H20N6. The van der Waals surface area contributed by atoms with Crippen molar-refractivity contribution in [3.8, 4) is 11.4 Å². The maximum atomic E-state index is 5.99. The number of hydrogen-bond acceptors (Lipinski definition) is 5. The van der Waals surface area contributed by atoms with Gasteiger partial charge in [-0.2, -0.15) is 5.10 Å². The van der Waals surface area contributed by atoms with E-state index in [1.54, 1.807) is 6.20 Å². The minimum absolute atomic E-state index is 0.185. The van der Waals surface area contributed by atoms with Crippen LogP contribution in [0.3, 0.4) is 0 Å². The highest BCUT2D eigenvalue weighted by atomic mass is 15.2. The van der Waals surface area contributed by atoms with Crippen molar-refractivity contribution in [3.05, 3.63) is 36.5 Å². The van der Waals surface area contributed by atoms with E-state index in [1.165, 1.54) is 0 Å². The van der Waals surface area contributed by atoms with E-state index in [0.29, 0.717) is 5.65 Å². The molecule has 6 heteroatoms. The van der Waals surface area contributed by atoms with Gasteiger partial charge in [0, 0.05) is 23.7 Å². The Kier molecular flexibility index (Phi) is 3.77. The molecule has 6 nitrogen and oxygen atoms in total. The Balaban J connectivity index is 1.82. The van der Waals surface area contributed by atoms with Gasteiger partial charge < -0.3 is 11.1 Å². The normalized spacial score (nSPS) is 11.8. The topological polar surface area (TPSA) is 92.5 Å². The molecule has 0 fully saturated rings. The summed E-state index contributed by atoms with van der Waals surface area (Å²) in [7, 11) is 0. The van der Waals surface area contributed by atoms with Gasteiger partial charge in [0.15, 0.2) is 5.65 Å². The molecule has 114 valence electrons. The average Bonchev–Trinajstić information content (AvgIpc) is 2.90. The molecule has 0 aromatic carbocycles. The SMILES string of the molecule is CC(C)(N)CCNc1cccc(-c2[nH]nc3ncccc23)n1. The number of pyridine rings is 2. The van der Waals surface area contributed by atoms with E-state index in [-0.39, 0.29) is 5.54 Å². The second-order valence-corrected chi connectivity index (χ2v) is 6.05. The maximum absolute atomic E-state index is 5.99. The zero-order valence-corrected chi connectivity index (χ0v) is 12.8. The van der Waals surface area contributed by atoms with Gasteiger partial charge in [0.25, 0.3) is 0 Å². The Labute approximate surface area is 129 Å². The van der Waals surface area contributed by atoms with Crippen LogP contribution in [-0.2, 0) is 0 Å². The fourth-order valence-electron chi connectivity index (χ4n) is 2.23. The summed E-state index contributed by atoms with van der Waals surface area (Å²) < 4.78 is 0. The molecule has 0 spiro atoms. The second-order valence-electron chi connectivity index (χ2n) is 6.05. The van der Waals surface area contributed by atoms with Gasteiger partial charge >= 0.3 is 0 Å². The van der Waals surface area contributed by atoms with Gasteiger partial charge in [-0.05, 0) is 44.5 Å². The Morgan fingerprint density at radius 2 is 2.09 bits per heavy atom. The minimum Gasteiger partial charge on any atom is -0.370 e.